The second-order valence-corrected chi connectivity index (χ2v) is 8.91. The van der Waals surface area contributed by atoms with E-state index in [-0.39, 0.29) is 18.1 Å². The normalized spacial score (nSPS) is 19.0. The van der Waals surface area contributed by atoms with E-state index < -0.39 is 17.7 Å². The molecule has 7 nitrogen and oxygen atoms in total. The van der Waals surface area contributed by atoms with Crippen molar-refractivity contribution in [3.05, 3.63) is 63.6 Å². The molecule has 0 saturated carbocycles. The number of halogens is 1. The maximum Gasteiger partial charge on any atom is 0.295 e. The molecule has 1 fully saturated rings. The van der Waals surface area contributed by atoms with Crippen molar-refractivity contribution in [1.29, 1.82) is 0 Å². The molecular formula is C25H27BrN2O5. The lowest BCUT2D eigenvalue weighted by molar-refractivity contribution is -0.140. The number of aliphatic hydroxyl groups excluding tert-OH is 1. The summed E-state index contributed by atoms with van der Waals surface area (Å²) >= 11 is 3.44. The van der Waals surface area contributed by atoms with Crippen LogP contribution in [0.5, 0.6) is 11.5 Å². The first-order chi connectivity index (χ1) is 15.9. The van der Waals surface area contributed by atoms with Crippen LogP contribution in [-0.4, -0.2) is 59.6 Å². The molecule has 33 heavy (non-hydrogen) atoms. The third-order valence-corrected chi connectivity index (χ3v) is 6.67. The molecular weight excluding hydrogens is 488 g/mol. The predicted octanol–water partition coefficient (Wildman–Crippen LogP) is 4.33. The second-order valence-electron chi connectivity index (χ2n) is 7.99. The van der Waals surface area contributed by atoms with Crippen LogP contribution in [0.15, 0.2) is 52.5 Å². The van der Waals surface area contributed by atoms with Gasteiger partial charge in [-0.15, -0.1) is 0 Å². The fraction of sp³-hybridized carbons (Fsp3) is 0.360. The van der Waals surface area contributed by atoms with Gasteiger partial charge in [0.25, 0.3) is 11.7 Å². The Morgan fingerprint density at radius 2 is 1.79 bits per heavy atom. The highest BCUT2D eigenvalue weighted by Crippen LogP contribution is 2.41. The summed E-state index contributed by atoms with van der Waals surface area (Å²) < 4.78 is 11.6. The van der Waals surface area contributed by atoms with Crippen molar-refractivity contribution in [1.82, 2.24) is 9.80 Å². The maximum absolute atomic E-state index is 13.1. The molecule has 2 aromatic carbocycles. The number of hydrogen-bond donors (Lipinski definition) is 1. The zero-order chi connectivity index (χ0) is 23.5. The zero-order valence-electron chi connectivity index (χ0n) is 18.7. The predicted molar refractivity (Wildman–Crippen MR) is 128 cm³/mol. The number of nitrogens with zero attached hydrogens (tertiary/aromatic N) is 2. The minimum atomic E-state index is -0.680. The van der Waals surface area contributed by atoms with E-state index in [2.05, 4.69) is 34.7 Å². The lowest BCUT2D eigenvalue weighted by Crippen LogP contribution is -2.33. The van der Waals surface area contributed by atoms with Gasteiger partial charge in [0.2, 0.25) is 6.79 Å². The summed E-state index contributed by atoms with van der Waals surface area (Å²) in [6.07, 6.45) is 0.728. The molecule has 1 amide bonds. The fourth-order valence-corrected chi connectivity index (χ4v) is 4.57. The number of benzene rings is 2. The largest absolute Gasteiger partial charge is 0.507 e. The molecule has 1 atom stereocenters. The van der Waals surface area contributed by atoms with Crippen LogP contribution >= 0.6 is 15.9 Å². The lowest BCUT2D eigenvalue weighted by atomic mass is 9.95. The monoisotopic (exact) mass is 514 g/mol. The molecule has 0 aromatic heterocycles. The average Bonchev–Trinajstić information content (AvgIpc) is 3.39. The van der Waals surface area contributed by atoms with Crippen LogP contribution in [0, 0.1) is 0 Å². The first-order valence-corrected chi connectivity index (χ1v) is 11.9. The van der Waals surface area contributed by atoms with Gasteiger partial charge in [0, 0.05) is 16.6 Å². The Morgan fingerprint density at radius 3 is 2.48 bits per heavy atom. The fourth-order valence-electron chi connectivity index (χ4n) is 4.31. The second kappa shape index (κ2) is 9.97. The first kappa shape index (κ1) is 23.3. The summed E-state index contributed by atoms with van der Waals surface area (Å²) in [4.78, 5) is 30.1. The van der Waals surface area contributed by atoms with E-state index in [0.29, 0.717) is 23.6 Å². The van der Waals surface area contributed by atoms with Crippen LogP contribution in [0.4, 0.5) is 0 Å². The SMILES string of the molecule is CCN(CC)CCCN1C(=O)C(=O)/C(=C(/O)c2ccc3c(c2)OCO3)C1c1ccc(Br)cc1. The van der Waals surface area contributed by atoms with Crippen molar-refractivity contribution in [2.75, 3.05) is 33.0 Å². The third-order valence-electron chi connectivity index (χ3n) is 6.14. The van der Waals surface area contributed by atoms with Gasteiger partial charge in [0.15, 0.2) is 11.5 Å². The van der Waals surface area contributed by atoms with Gasteiger partial charge in [0.05, 0.1) is 11.6 Å². The molecule has 174 valence electrons. The Labute approximate surface area is 201 Å². The van der Waals surface area contributed by atoms with Crippen LogP contribution in [0.3, 0.4) is 0 Å². The van der Waals surface area contributed by atoms with Crippen LogP contribution in [-0.2, 0) is 9.59 Å². The summed E-state index contributed by atoms with van der Waals surface area (Å²) in [6.45, 7) is 7.40. The number of fused-ring (bicyclic) bond motifs is 1. The van der Waals surface area contributed by atoms with Crippen molar-refractivity contribution in [3.63, 3.8) is 0 Å². The molecule has 2 aliphatic rings. The number of hydrogen-bond acceptors (Lipinski definition) is 6. The van der Waals surface area contributed by atoms with E-state index in [1.54, 1.807) is 23.1 Å². The van der Waals surface area contributed by atoms with E-state index in [9.17, 15) is 14.7 Å². The van der Waals surface area contributed by atoms with Crippen molar-refractivity contribution < 1.29 is 24.2 Å². The van der Waals surface area contributed by atoms with Gasteiger partial charge >= 0.3 is 0 Å². The van der Waals surface area contributed by atoms with Crippen LogP contribution < -0.4 is 9.47 Å². The van der Waals surface area contributed by atoms with Crippen molar-refractivity contribution in [3.8, 4) is 11.5 Å². The van der Waals surface area contributed by atoms with E-state index in [0.717, 1.165) is 36.1 Å². The van der Waals surface area contributed by atoms with Crippen LogP contribution in [0.2, 0.25) is 0 Å². The van der Waals surface area contributed by atoms with E-state index in [4.69, 9.17) is 9.47 Å². The number of carbonyl (C=O) groups excluding carboxylic acids is 2. The summed E-state index contributed by atoms with van der Waals surface area (Å²) in [5.41, 5.74) is 1.26. The number of likely N-dealkylation sites (tertiary alicyclic amines) is 1. The molecule has 0 radical (unpaired) electrons. The zero-order valence-corrected chi connectivity index (χ0v) is 20.3. The van der Waals surface area contributed by atoms with Crippen molar-refractivity contribution >= 4 is 33.4 Å². The summed E-state index contributed by atoms with van der Waals surface area (Å²) in [6, 6.07) is 11.8. The Hall–Kier alpha value is -2.84. The topological polar surface area (TPSA) is 79.3 Å². The molecule has 2 heterocycles. The Balaban J connectivity index is 1.72. The standard InChI is InChI=1S/C25H27BrN2O5/c1-3-27(4-2)12-5-13-28-22(16-6-9-18(26)10-7-16)21(24(30)25(28)31)23(29)17-8-11-19-20(14-17)33-15-32-19/h6-11,14,22,29H,3-5,12-13,15H2,1-2H3/b23-21+. The smallest absolute Gasteiger partial charge is 0.295 e. The molecule has 1 saturated heterocycles. The highest BCUT2D eigenvalue weighted by Gasteiger charge is 2.45. The van der Waals surface area contributed by atoms with Gasteiger partial charge in [-0.25, -0.2) is 0 Å². The quantitative estimate of drug-likeness (QED) is 0.320. The number of carbonyl (C=O) groups is 2. The van der Waals surface area contributed by atoms with Crippen LogP contribution in [0.1, 0.15) is 37.4 Å². The van der Waals surface area contributed by atoms with Gasteiger partial charge in [-0.05, 0) is 62.0 Å². The molecule has 8 heteroatoms. The first-order valence-electron chi connectivity index (χ1n) is 11.1. The van der Waals surface area contributed by atoms with Gasteiger partial charge < -0.3 is 24.4 Å². The van der Waals surface area contributed by atoms with E-state index >= 15 is 0 Å². The molecule has 2 aliphatic heterocycles. The Morgan fingerprint density at radius 1 is 1.09 bits per heavy atom. The van der Waals surface area contributed by atoms with Gasteiger partial charge in [-0.1, -0.05) is 41.9 Å². The van der Waals surface area contributed by atoms with Crippen LogP contribution in [0.25, 0.3) is 5.76 Å². The number of ether oxygens (including phenoxy) is 2. The summed E-state index contributed by atoms with van der Waals surface area (Å²) in [7, 11) is 0. The third kappa shape index (κ3) is 4.63. The minimum Gasteiger partial charge on any atom is -0.507 e. The molecule has 0 bridgehead atoms. The molecule has 1 N–H and O–H groups in total. The summed E-state index contributed by atoms with van der Waals surface area (Å²) in [5.74, 6) is -0.419. The number of aliphatic hydroxyl groups is 1. The van der Waals surface area contributed by atoms with Crippen molar-refractivity contribution in [2.45, 2.75) is 26.3 Å². The Kier molecular flexibility index (Phi) is 7.05. The number of amides is 1. The van der Waals surface area contributed by atoms with Gasteiger partial charge in [-0.3, -0.25) is 9.59 Å². The molecule has 1 unspecified atom stereocenters. The highest BCUT2D eigenvalue weighted by atomic mass is 79.9. The summed E-state index contributed by atoms with van der Waals surface area (Å²) in [5, 5.41) is 11.2. The number of Topliss-reactive ketones (excluding diaryl/α,β-unsaturated/α-hetero) is 1. The minimum absolute atomic E-state index is 0.0871. The number of rotatable bonds is 8. The number of ketones is 1. The van der Waals surface area contributed by atoms with E-state index in [1.807, 2.05) is 24.3 Å². The molecule has 4 rings (SSSR count). The van der Waals surface area contributed by atoms with Crippen molar-refractivity contribution in [2.24, 2.45) is 0 Å². The Bertz CT molecular complexity index is 1080. The molecule has 0 aliphatic carbocycles. The van der Waals surface area contributed by atoms with Gasteiger partial charge in [-0.2, -0.15) is 0 Å². The maximum atomic E-state index is 13.1. The molecule has 2 aromatic rings. The van der Waals surface area contributed by atoms with Gasteiger partial charge in [0.1, 0.15) is 5.76 Å². The van der Waals surface area contributed by atoms with E-state index in [1.165, 1.54) is 0 Å². The molecule has 0 spiro atoms. The average molecular weight is 515 g/mol. The highest BCUT2D eigenvalue weighted by molar-refractivity contribution is 9.10. The lowest BCUT2D eigenvalue weighted by Gasteiger charge is -2.27.